The van der Waals surface area contributed by atoms with Gasteiger partial charge in [-0.1, -0.05) is 13.8 Å². The van der Waals surface area contributed by atoms with Gasteiger partial charge in [0.2, 0.25) is 5.91 Å². The van der Waals surface area contributed by atoms with Crippen molar-refractivity contribution in [1.82, 2.24) is 9.80 Å². The van der Waals surface area contributed by atoms with Crippen molar-refractivity contribution in [3.8, 4) is 0 Å². The first-order valence-electron chi connectivity index (χ1n) is 8.95. The Morgan fingerprint density at radius 2 is 1.62 bits per heavy atom. The first kappa shape index (κ1) is 18.3. The summed E-state index contributed by atoms with van der Waals surface area (Å²) in [6.45, 7) is 7.74. The molecule has 0 spiro atoms. The number of nitrogens with zero attached hydrogens (tertiary/aromatic N) is 3. The molecule has 0 N–H and O–H groups in total. The van der Waals surface area contributed by atoms with E-state index in [0.29, 0.717) is 26.1 Å². The van der Waals surface area contributed by atoms with Crippen LogP contribution >= 0.6 is 0 Å². The molecule has 0 unspecified atom stereocenters. The van der Waals surface area contributed by atoms with Gasteiger partial charge in [-0.25, -0.2) is 0 Å². The number of rotatable bonds is 5. The predicted octanol–water partition coefficient (Wildman–Crippen LogP) is 2.62. The molecule has 0 aliphatic carbocycles. The Hall–Kier alpha value is -2.04. The van der Waals surface area contributed by atoms with Crippen LogP contribution in [0.3, 0.4) is 0 Å². The molecule has 1 aliphatic heterocycles. The molecule has 0 radical (unpaired) electrons. The lowest BCUT2D eigenvalue weighted by atomic mass is 10.1. The second-order valence-electron chi connectivity index (χ2n) is 6.35. The lowest BCUT2D eigenvalue weighted by Gasteiger charge is -2.22. The number of anilines is 1. The molecule has 0 aromatic heterocycles. The van der Waals surface area contributed by atoms with E-state index in [1.165, 1.54) is 0 Å². The topological polar surface area (TPSA) is 43.9 Å². The summed E-state index contributed by atoms with van der Waals surface area (Å²) in [4.78, 5) is 30.5. The molecule has 1 aromatic rings. The molecule has 0 atom stereocenters. The maximum absolute atomic E-state index is 12.7. The molecule has 2 rings (SSSR count). The van der Waals surface area contributed by atoms with E-state index in [1.807, 2.05) is 41.0 Å². The van der Waals surface area contributed by atoms with E-state index in [2.05, 4.69) is 18.9 Å². The van der Waals surface area contributed by atoms with E-state index in [4.69, 9.17) is 0 Å². The van der Waals surface area contributed by atoms with E-state index in [9.17, 15) is 9.59 Å². The smallest absolute Gasteiger partial charge is 0.253 e. The summed E-state index contributed by atoms with van der Waals surface area (Å²) < 4.78 is 0. The summed E-state index contributed by atoms with van der Waals surface area (Å²) in [5, 5.41) is 0. The van der Waals surface area contributed by atoms with E-state index in [1.54, 1.807) is 0 Å². The molecule has 1 fully saturated rings. The molecular formula is C19H29N3O2. The fraction of sp³-hybridized carbons (Fsp3) is 0.579. The Balaban J connectivity index is 1.99. The third-order valence-corrected chi connectivity index (χ3v) is 4.55. The van der Waals surface area contributed by atoms with Gasteiger partial charge in [0.25, 0.3) is 5.91 Å². The van der Waals surface area contributed by atoms with Crippen LogP contribution in [0, 0.1) is 0 Å². The third-order valence-electron chi connectivity index (χ3n) is 4.55. The van der Waals surface area contributed by atoms with Crippen molar-refractivity contribution >= 4 is 17.5 Å². The van der Waals surface area contributed by atoms with E-state index >= 15 is 0 Å². The van der Waals surface area contributed by atoms with Crippen LogP contribution in [-0.4, -0.2) is 61.4 Å². The highest BCUT2D eigenvalue weighted by molar-refractivity contribution is 5.94. The monoisotopic (exact) mass is 331 g/mol. The second kappa shape index (κ2) is 8.71. The summed E-state index contributed by atoms with van der Waals surface area (Å²) in [5.41, 5.74) is 1.85. The van der Waals surface area contributed by atoms with Crippen molar-refractivity contribution in [2.75, 3.05) is 44.7 Å². The lowest BCUT2D eigenvalue weighted by molar-refractivity contribution is -0.130. The summed E-state index contributed by atoms with van der Waals surface area (Å²) in [6, 6.07) is 7.83. The average molecular weight is 331 g/mol. The molecule has 1 saturated heterocycles. The van der Waals surface area contributed by atoms with Crippen LogP contribution in [0.25, 0.3) is 0 Å². The van der Waals surface area contributed by atoms with E-state index < -0.39 is 0 Å². The van der Waals surface area contributed by atoms with Crippen LogP contribution in [0.4, 0.5) is 5.69 Å². The van der Waals surface area contributed by atoms with Gasteiger partial charge >= 0.3 is 0 Å². The highest BCUT2D eigenvalue weighted by Crippen LogP contribution is 2.16. The number of carbonyl (C=O) groups is 2. The van der Waals surface area contributed by atoms with Gasteiger partial charge in [-0.05, 0) is 37.1 Å². The highest BCUT2D eigenvalue weighted by atomic mass is 16.2. The molecule has 0 bridgehead atoms. The molecule has 5 nitrogen and oxygen atoms in total. The molecule has 0 saturated carbocycles. The molecule has 24 heavy (non-hydrogen) atoms. The zero-order valence-electron chi connectivity index (χ0n) is 15.1. The maximum atomic E-state index is 12.7. The van der Waals surface area contributed by atoms with Crippen molar-refractivity contribution in [2.45, 2.75) is 33.1 Å². The van der Waals surface area contributed by atoms with Gasteiger partial charge < -0.3 is 14.7 Å². The number of hydrogen-bond donors (Lipinski definition) is 0. The van der Waals surface area contributed by atoms with E-state index in [0.717, 1.165) is 37.2 Å². The SMILES string of the molecule is CCCN(C)c1ccc(C(=O)N2CCCN(C(=O)CC)CC2)cc1. The van der Waals surface area contributed by atoms with Gasteiger partial charge in [0.05, 0.1) is 0 Å². The summed E-state index contributed by atoms with van der Waals surface area (Å²) in [7, 11) is 2.06. The third kappa shape index (κ3) is 4.49. The fourth-order valence-corrected chi connectivity index (χ4v) is 3.10. The Kier molecular flexibility index (Phi) is 6.64. The minimum Gasteiger partial charge on any atom is -0.375 e. The maximum Gasteiger partial charge on any atom is 0.253 e. The lowest BCUT2D eigenvalue weighted by Crippen LogP contribution is -2.37. The second-order valence-corrected chi connectivity index (χ2v) is 6.35. The Morgan fingerprint density at radius 3 is 2.25 bits per heavy atom. The molecular weight excluding hydrogens is 302 g/mol. The standard InChI is InChI=1S/C19H29N3O2/c1-4-11-20(3)17-9-7-16(8-10-17)19(24)22-13-6-12-21(14-15-22)18(23)5-2/h7-10H,4-6,11-15H2,1-3H3. The van der Waals surface area contributed by atoms with Crippen molar-refractivity contribution in [1.29, 1.82) is 0 Å². The summed E-state index contributed by atoms with van der Waals surface area (Å²) in [5.74, 6) is 0.234. The quantitative estimate of drug-likeness (QED) is 0.833. The first-order chi connectivity index (χ1) is 11.6. The minimum atomic E-state index is 0.0606. The van der Waals surface area contributed by atoms with Gasteiger partial charge in [0.15, 0.2) is 0 Å². The molecule has 1 aromatic carbocycles. The number of hydrogen-bond acceptors (Lipinski definition) is 3. The summed E-state index contributed by atoms with van der Waals surface area (Å²) >= 11 is 0. The van der Waals surface area contributed by atoms with Gasteiger partial charge in [-0.2, -0.15) is 0 Å². The minimum absolute atomic E-state index is 0.0606. The van der Waals surface area contributed by atoms with Crippen LogP contribution < -0.4 is 4.90 Å². The average Bonchev–Trinajstić information content (AvgIpc) is 2.87. The van der Waals surface area contributed by atoms with Gasteiger partial charge in [-0.15, -0.1) is 0 Å². The molecule has 2 amide bonds. The van der Waals surface area contributed by atoms with Crippen LogP contribution in [-0.2, 0) is 4.79 Å². The Bertz CT molecular complexity index is 556. The van der Waals surface area contributed by atoms with Crippen LogP contribution in [0.2, 0.25) is 0 Å². The molecule has 5 heteroatoms. The number of benzene rings is 1. The van der Waals surface area contributed by atoms with Crippen molar-refractivity contribution in [2.24, 2.45) is 0 Å². The molecule has 1 aliphatic rings. The number of amides is 2. The molecule has 132 valence electrons. The zero-order chi connectivity index (χ0) is 17.5. The fourth-order valence-electron chi connectivity index (χ4n) is 3.10. The van der Waals surface area contributed by atoms with E-state index in [-0.39, 0.29) is 11.8 Å². The highest BCUT2D eigenvalue weighted by Gasteiger charge is 2.22. The Labute approximate surface area is 145 Å². The Morgan fingerprint density at radius 1 is 1.00 bits per heavy atom. The molecule has 1 heterocycles. The largest absolute Gasteiger partial charge is 0.375 e. The zero-order valence-corrected chi connectivity index (χ0v) is 15.1. The van der Waals surface area contributed by atoms with Crippen LogP contribution in [0.15, 0.2) is 24.3 Å². The van der Waals surface area contributed by atoms with Gasteiger partial charge in [-0.3, -0.25) is 9.59 Å². The van der Waals surface area contributed by atoms with Crippen molar-refractivity contribution in [3.63, 3.8) is 0 Å². The van der Waals surface area contributed by atoms with Crippen LogP contribution in [0.1, 0.15) is 43.5 Å². The van der Waals surface area contributed by atoms with Gasteiger partial charge in [0, 0.05) is 57.4 Å². The van der Waals surface area contributed by atoms with Crippen molar-refractivity contribution < 1.29 is 9.59 Å². The first-order valence-corrected chi connectivity index (χ1v) is 8.95. The van der Waals surface area contributed by atoms with Crippen LogP contribution in [0.5, 0.6) is 0 Å². The van der Waals surface area contributed by atoms with Crippen molar-refractivity contribution in [3.05, 3.63) is 29.8 Å². The number of carbonyl (C=O) groups excluding carboxylic acids is 2. The summed E-state index contributed by atoms with van der Waals surface area (Å²) in [6.07, 6.45) is 2.47. The normalized spacial score (nSPS) is 15.1. The predicted molar refractivity (Wildman–Crippen MR) is 97.4 cm³/mol. The van der Waals surface area contributed by atoms with Gasteiger partial charge in [0.1, 0.15) is 0 Å².